The van der Waals surface area contributed by atoms with Gasteiger partial charge in [-0.2, -0.15) is 0 Å². The third-order valence-corrected chi connectivity index (χ3v) is 6.02. The summed E-state index contributed by atoms with van der Waals surface area (Å²) in [4.78, 5) is 17.6. The third kappa shape index (κ3) is 3.83. The van der Waals surface area contributed by atoms with E-state index in [-0.39, 0.29) is 5.92 Å². The van der Waals surface area contributed by atoms with E-state index < -0.39 is 0 Å². The molecule has 4 heteroatoms. The van der Waals surface area contributed by atoms with Crippen molar-refractivity contribution in [1.82, 2.24) is 15.1 Å². The normalized spacial score (nSPS) is 29.5. The highest BCUT2D eigenvalue weighted by Crippen LogP contribution is 2.26. The van der Waals surface area contributed by atoms with E-state index in [0.29, 0.717) is 24.0 Å². The highest BCUT2D eigenvalue weighted by atomic mass is 16.2. The standard InChI is InChI=1S/C18H33N3O/c1-14(2)20-11-8-17(9-12-20)21-10-4-5-15(13-21)18(22)19-16-6-3-7-16/h14-17H,3-13H2,1-2H3,(H,19,22). The minimum atomic E-state index is 0.234. The number of likely N-dealkylation sites (tertiary alicyclic amines) is 2. The van der Waals surface area contributed by atoms with E-state index in [2.05, 4.69) is 29.0 Å². The van der Waals surface area contributed by atoms with E-state index in [1.807, 2.05) is 0 Å². The van der Waals surface area contributed by atoms with Crippen molar-refractivity contribution in [2.75, 3.05) is 26.2 Å². The second-order valence-electron chi connectivity index (χ2n) is 7.83. The van der Waals surface area contributed by atoms with Crippen LogP contribution in [0.3, 0.4) is 0 Å². The molecule has 0 radical (unpaired) electrons. The first-order chi connectivity index (χ1) is 10.6. The molecular formula is C18H33N3O. The molecule has 0 bridgehead atoms. The molecule has 2 heterocycles. The molecule has 1 N–H and O–H groups in total. The Morgan fingerprint density at radius 1 is 1.00 bits per heavy atom. The lowest BCUT2D eigenvalue weighted by Crippen LogP contribution is -2.52. The van der Waals surface area contributed by atoms with Crippen LogP contribution in [0.2, 0.25) is 0 Å². The molecule has 2 saturated heterocycles. The van der Waals surface area contributed by atoms with Crippen molar-refractivity contribution in [1.29, 1.82) is 0 Å². The fraction of sp³-hybridized carbons (Fsp3) is 0.944. The first-order valence-electron chi connectivity index (χ1n) is 9.42. The number of hydrogen-bond donors (Lipinski definition) is 1. The van der Waals surface area contributed by atoms with Gasteiger partial charge in [-0.25, -0.2) is 0 Å². The van der Waals surface area contributed by atoms with Gasteiger partial charge in [-0.05, 0) is 78.4 Å². The van der Waals surface area contributed by atoms with Crippen LogP contribution in [0.4, 0.5) is 0 Å². The zero-order valence-electron chi connectivity index (χ0n) is 14.4. The maximum Gasteiger partial charge on any atom is 0.224 e. The summed E-state index contributed by atoms with van der Waals surface area (Å²) in [6.07, 6.45) is 8.49. The van der Waals surface area contributed by atoms with E-state index in [1.165, 1.54) is 58.2 Å². The monoisotopic (exact) mass is 307 g/mol. The van der Waals surface area contributed by atoms with Crippen molar-refractivity contribution in [2.45, 2.75) is 76.9 Å². The quantitative estimate of drug-likeness (QED) is 0.865. The Bertz CT molecular complexity index is 373. The molecule has 1 aliphatic carbocycles. The van der Waals surface area contributed by atoms with E-state index in [0.717, 1.165) is 13.0 Å². The van der Waals surface area contributed by atoms with Crippen LogP contribution in [0, 0.1) is 5.92 Å². The molecule has 3 aliphatic rings. The van der Waals surface area contributed by atoms with Crippen molar-refractivity contribution < 1.29 is 4.79 Å². The Kier molecular flexibility index (Phi) is 5.40. The average molecular weight is 307 g/mol. The number of nitrogens with one attached hydrogen (secondary N) is 1. The molecule has 0 spiro atoms. The molecule has 22 heavy (non-hydrogen) atoms. The zero-order valence-corrected chi connectivity index (χ0v) is 14.4. The number of rotatable bonds is 4. The van der Waals surface area contributed by atoms with Crippen LogP contribution in [-0.2, 0) is 4.79 Å². The molecule has 0 aromatic heterocycles. The summed E-state index contributed by atoms with van der Waals surface area (Å²) in [6, 6.07) is 1.86. The highest BCUT2D eigenvalue weighted by Gasteiger charge is 2.33. The van der Waals surface area contributed by atoms with Gasteiger partial charge in [0.2, 0.25) is 5.91 Å². The molecule has 1 atom stereocenters. The van der Waals surface area contributed by atoms with Gasteiger partial charge in [0.15, 0.2) is 0 Å². The van der Waals surface area contributed by atoms with Gasteiger partial charge in [0.1, 0.15) is 0 Å². The van der Waals surface area contributed by atoms with Gasteiger partial charge in [0.25, 0.3) is 0 Å². The topological polar surface area (TPSA) is 35.6 Å². The van der Waals surface area contributed by atoms with Gasteiger partial charge in [-0.3, -0.25) is 9.69 Å². The predicted octanol–water partition coefficient (Wildman–Crippen LogP) is 2.24. The SMILES string of the molecule is CC(C)N1CCC(N2CCCC(C(=O)NC3CCC3)C2)CC1. The first-order valence-corrected chi connectivity index (χ1v) is 9.42. The van der Waals surface area contributed by atoms with Crippen molar-refractivity contribution >= 4 is 5.91 Å². The van der Waals surface area contributed by atoms with E-state index in [9.17, 15) is 4.79 Å². The summed E-state index contributed by atoms with van der Waals surface area (Å²) in [5, 5.41) is 3.26. The lowest BCUT2D eigenvalue weighted by molar-refractivity contribution is -0.128. The van der Waals surface area contributed by atoms with Gasteiger partial charge in [0.05, 0.1) is 5.92 Å². The van der Waals surface area contributed by atoms with Crippen molar-refractivity contribution in [3.63, 3.8) is 0 Å². The second kappa shape index (κ2) is 7.31. The molecule has 3 fully saturated rings. The molecule has 3 rings (SSSR count). The summed E-state index contributed by atoms with van der Waals surface area (Å²) in [5.74, 6) is 0.562. The number of carbonyl (C=O) groups excluding carboxylic acids is 1. The molecular weight excluding hydrogens is 274 g/mol. The predicted molar refractivity (Wildman–Crippen MR) is 89.8 cm³/mol. The van der Waals surface area contributed by atoms with E-state index in [4.69, 9.17) is 0 Å². The highest BCUT2D eigenvalue weighted by molar-refractivity contribution is 5.79. The molecule has 1 unspecified atom stereocenters. The maximum absolute atomic E-state index is 12.4. The fourth-order valence-corrected chi connectivity index (χ4v) is 4.19. The molecule has 126 valence electrons. The van der Waals surface area contributed by atoms with E-state index >= 15 is 0 Å². The summed E-state index contributed by atoms with van der Waals surface area (Å²) in [5.41, 5.74) is 0. The van der Waals surface area contributed by atoms with Crippen molar-refractivity contribution in [3.8, 4) is 0 Å². The minimum absolute atomic E-state index is 0.234. The van der Waals surface area contributed by atoms with Crippen LogP contribution < -0.4 is 5.32 Å². The third-order valence-electron chi connectivity index (χ3n) is 6.02. The van der Waals surface area contributed by atoms with Crippen molar-refractivity contribution in [2.24, 2.45) is 5.92 Å². The lowest BCUT2D eigenvalue weighted by Gasteiger charge is -2.43. The molecule has 1 saturated carbocycles. The Morgan fingerprint density at radius 2 is 1.73 bits per heavy atom. The number of carbonyl (C=O) groups is 1. The van der Waals surface area contributed by atoms with Crippen molar-refractivity contribution in [3.05, 3.63) is 0 Å². The Hall–Kier alpha value is -0.610. The lowest BCUT2D eigenvalue weighted by atomic mass is 9.90. The number of amides is 1. The van der Waals surface area contributed by atoms with Crippen LogP contribution in [0.1, 0.15) is 58.8 Å². The van der Waals surface area contributed by atoms with E-state index in [1.54, 1.807) is 0 Å². The van der Waals surface area contributed by atoms with Crippen LogP contribution in [0.25, 0.3) is 0 Å². The van der Waals surface area contributed by atoms with Gasteiger partial charge in [-0.15, -0.1) is 0 Å². The van der Waals surface area contributed by atoms with Gasteiger partial charge in [-0.1, -0.05) is 0 Å². The summed E-state index contributed by atoms with van der Waals surface area (Å²) >= 11 is 0. The summed E-state index contributed by atoms with van der Waals surface area (Å²) in [7, 11) is 0. The van der Waals surface area contributed by atoms with Crippen LogP contribution in [-0.4, -0.2) is 60.0 Å². The maximum atomic E-state index is 12.4. The van der Waals surface area contributed by atoms with Gasteiger partial charge in [0, 0.05) is 24.7 Å². The van der Waals surface area contributed by atoms with Gasteiger partial charge < -0.3 is 10.2 Å². The largest absolute Gasteiger partial charge is 0.353 e. The smallest absolute Gasteiger partial charge is 0.224 e. The minimum Gasteiger partial charge on any atom is -0.353 e. The Labute approximate surface area is 135 Å². The fourth-order valence-electron chi connectivity index (χ4n) is 4.19. The van der Waals surface area contributed by atoms with Crippen LogP contribution >= 0.6 is 0 Å². The molecule has 0 aromatic carbocycles. The Morgan fingerprint density at radius 3 is 2.32 bits per heavy atom. The Balaban J connectivity index is 1.47. The van der Waals surface area contributed by atoms with Crippen LogP contribution in [0.15, 0.2) is 0 Å². The molecule has 2 aliphatic heterocycles. The second-order valence-corrected chi connectivity index (χ2v) is 7.83. The van der Waals surface area contributed by atoms with Gasteiger partial charge >= 0.3 is 0 Å². The zero-order chi connectivity index (χ0) is 15.5. The first kappa shape index (κ1) is 16.3. The number of hydrogen-bond acceptors (Lipinski definition) is 3. The molecule has 0 aromatic rings. The molecule has 4 nitrogen and oxygen atoms in total. The summed E-state index contributed by atoms with van der Waals surface area (Å²) < 4.78 is 0. The number of piperidine rings is 2. The molecule has 1 amide bonds. The van der Waals surface area contributed by atoms with Crippen LogP contribution in [0.5, 0.6) is 0 Å². The average Bonchev–Trinajstić information content (AvgIpc) is 2.51. The number of nitrogens with zero attached hydrogens (tertiary/aromatic N) is 2. The summed E-state index contributed by atoms with van der Waals surface area (Å²) in [6.45, 7) is 9.21.